The van der Waals surface area contributed by atoms with Crippen molar-refractivity contribution in [3.8, 4) is 5.75 Å². The minimum Gasteiger partial charge on any atom is -0.486 e. The van der Waals surface area contributed by atoms with Gasteiger partial charge in [-0.2, -0.15) is 5.10 Å². The Balaban J connectivity index is 2.03. The highest BCUT2D eigenvalue weighted by Gasteiger charge is 2.02. The van der Waals surface area contributed by atoms with Crippen LogP contribution in [0, 0.1) is 0 Å². The van der Waals surface area contributed by atoms with E-state index < -0.39 is 5.97 Å². The molecule has 98 valence electrons. The van der Waals surface area contributed by atoms with Crippen LogP contribution in [0.25, 0.3) is 6.08 Å². The van der Waals surface area contributed by atoms with Gasteiger partial charge in [-0.15, -0.1) is 0 Å². The first-order valence-corrected chi connectivity index (χ1v) is 5.62. The van der Waals surface area contributed by atoms with Gasteiger partial charge in [-0.1, -0.05) is 12.1 Å². The van der Waals surface area contributed by atoms with Crippen LogP contribution in [-0.4, -0.2) is 25.8 Å². The number of benzene rings is 1. The number of aromatic nitrogens is 3. The number of hydrogen-bond acceptors (Lipinski definition) is 4. The van der Waals surface area contributed by atoms with Gasteiger partial charge in [0.05, 0.1) is 0 Å². The highest BCUT2D eigenvalue weighted by atomic mass is 16.5. The van der Waals surface area contributed by atoms with E-state index in [1.807, 2.05) is 0 Å². The Labute approximate surface area is 110 Å². The van der Waals surface area contributed by atoms with Crippen LogP contribution in [-0.2, 0) is 18.4 Å². The van der Waals surface area contributed by atoms with Crippen molar-refractivity contribution in [1.29, 1.82) is 0 Å². The van der Waals surface area contributed by atoms with Crippen LogP contribution in [0.15, 0.2) is 36.7 Å². The molecule has 0 unspecified atom stereocenters. The van der Waals surface area contributed by atoms with Crippen LogP contribution in [0.2, 0.25) is 0 Å². The van der Waals surface area contributed by atoms with Crippen LogP contribution < -0.4 is 4.74 Å². The van der Waals surface area contributed by atoms with Gasteiger partial charge in [0, 0.05) is 13.1 Å². The molecule has 0 aliphatic heterocycles. The largest absolute Gasteiger partial charge is 0.486 e. The van der Waals surface area contributed by atoms with Gasteiger partial charge >= 0.3 is 5.97 Å². The summed E-state index contributed by atoms with van der Waals surface area (Å²) < 4.78 is 7.21. The van der Waals surface area contributed by atoms with E-state index in [1.165, 1.54) is 12.4 Å². The zero-order valence-electron chi connectivity index (χ0n) is 10.4. The highest BCUT2D eigenvalue weighted by molar-refractivity contribution is 5.85. The van der Waals surface area contributed by atoms with Crippen molar-refractivity contribution < 1.29 is 14.6 Å². The number of nitrogens with zero attached hydrogens (tertiary/aromatic N) is 3. The maximum atomic E-state index is 10.4. The normalized spacial score (nSPS) is 10.8. The van der Waals surface area contributed by atoms with Crippen molar-refractivity contribution in [3.05, 3.63) is 48.1 Å². The fourth-order valence-corrected chi connectivity index (χ4v) is 1.47. The molecule has 0 amide bonds. The molecule has 1 N–H and O–H groups in total. The molecule has 0 radical (unpaired) electrons. The van der Waals surface area contributed by atoms with Gasteiger partial charge in [-0.25, -0.2) is 9.78 Å². The molecule has 0 saturated carbocycles. The first-order valence-electron chi connectivity index (χ1n) is 5.62. The summed E-state index contributed by atoms with van der Waals surface area (Å²) >= 11 is 0. The molecule has 0 aliphatic carbocycles. The third-order valence-corrected chi connectivity index (χ3v) is 2.45. The number of carboxylic acids is 1. The average Bonchev–Trinajstić information content (AvgIpc) is 2.80. The SMILES string of the molecule is Cn1ncnc1COc1cccc(C=CC(=O)O)c1. The first kappa shape index (κ1) is 12.8. The lowest BCUT2D eigenvalue weighted by molar-refractivity contribution is -0.131. The minimum atomic E-state index is -0.981. The number of carbonyl (C=O) groups is 1. The maximum Gasteiger partial charge on any atom is 0.328 e. The molecule has 6 nitrogen and oxygen atoms in total. The van der Waals surface area contributed by atoms with Crippen LogP contribution in [0.1, 0.15) is 11.4 Å². The molecule has 0 aliphatic rings. The maximum absolute atomic E-state index is 10.4. The van der Waals surface area contributed by atoms with Crippen LogP contribution in [0.5, 0.6) is 5.75 Å². The van der Waals surface area contributed by atoms with Crippen molar-refractivity contribution in [3.63, 3.8) is 0 Å². The molecule has 1 aromatic carbocycles. The smallest absolute Gasteiger partial charge is 0.328 e. The standard InChI is InChI=1S/C13H13N3O3/c1-16-12(14-9-15-16)8-19-11-4-2-3-10(7-11)5-6-13(17)18/h2-7,9H,8H2,1H3,(H,17,18). The topological polar surface area (TPSA) is 77.2 Å². The lowest BCUT2D eigenvalue weighted by Crippen LogP contribution is -2.04. The number of hydrogen-bond donors (Lipinski definition) is 1. The lowest BCUT2D eigenvalue weighted by Gasteiger charge is -2.06. The quantitative estimate of drug-likeness (QED) is 0.823. The molecular formula is C13H13N3O3. The summed E-state index contributed by atoms with van der Waals surface area (Å²) in [6, 6.07) is 7.16. The van der Waals surface area contributed by atoms with E-state index in [1.54, 1.807) is 36.0 Å². The monoisotopic (exact) mass is 259 g/mol. The van der Waals surface area contributed by atoms with Gasteiger partial charge in [0.25, 0.3) is 0 Å². The van der Waals surface area contributed by atoms with Crippen molar-refractivity contribution in [1.82, 2.24) is 14.8 Å². The third-order valence-electron chi connectivity index (χ3n) is 2.45. The van der Waals surface area contributed by atoms with Crippen molar-refractivity contribution in [2.75, 3.05) is 0 Å². The van der Waals surface area contributed by atoms with E-state index in [0.29, 0.717) is 18.2 Å². The second-order valence-corrected chi connectivity index (χ2v) is 3.83. The van der Waals surface area contributed by atoms with Gasteiger partial charge in [-0.3, -0.25) is 4.68 Å². The zero-order chi connectivity index (χ0) is 13.7. The summed E-state index contributed by atoms with van der Waals surface area (Å²) in [4.78, 5) is 14.5. The summed E-state index contributed by atoms with van der Waals surface area (Å²) in [7, 11) is 1.79. The van der Waals surface area contributed by atoms with Gasteiger partial charge < -0.3 is 9.84 Å². The van der Waals surface area contributed by atoms with Gasteiger partial charge in [0.2, 0.25) is 0 Å². The summed E-state index contributed by atoms with van der Waals surface area (Å²) in [5, 5.41) is 12.5. The molecule has 0 atom stereocenters. The molecule has 0 bridgehead atoms. The molecule has 2 rings (SSSR count). The number of rotatable bonds is 5. The Morgan fingerprint density at radius 3 is 3.05 bits per heavy atom. The number of aryl methyl sites for hydroxylation is 1. The zero-order valence-corrected chi connectivity index (χ0v) is 10.4. The molecule has 1 aromatic heterocycles. The first-order chi connectivity index (χ1) is 9.15. The number of ether oxygens (including phenoxy) is 1. The molecular weight excluding hydrogens is 246 g/mol. The Kier molecular flexibility index (Phi) is 3.92. The van der Waals surface area contributed by atoms with Gasteiger partial charge in [0.1, 0.15) is 18.7 Å². The molecule has 0 spiro atoms. The summed E-state index contributed by atoms with van der Waals surface area (Å²) in [6.45, 7) is 0.308. The van der Waals surface area contributed by atoms with E-state index in [9.17, 15) is 4.79 Å². The van der Waals surface area contributed by atoms with Gasteiger partial charge in [0.15, 0.2) is 5.82 Å². The van der Waals surface area contributed by atoms with Crippen molar-refractivity contribution in [2.45, 2.75) is 6.61 Å². The minimum absolute atomic E-state index is 0.308. The number of aliphatic carboxylic acids is 1. The summed E-state index contributed by atoms with van der Waals surface area (Å²) in [6.07, 6.45) is 4.06. The molecule has 6 heteroatoms. The number of carboxylic acid groups (broad SMARTS) is 1. The van der Waals surface area contributed by atoms with Crippen LogP contribution in [0.3, 0.4) is 0 Å². The molecule has 19 heavy (non-hydrogen) atoms. The highest BCUT2D eigenvalue weighted by Crippen LogP contribution is 2.15. The van der Waals surface area contributed by atoms with Gasteiger partial charge in [-0.05, 0) is 23.8 Å². The van der Waals surface area contributed by atoms with Crippen molar-refractivity contribution in [2.24, 2.45) is 7.05 Å². The fourth-order valence-electron chi connectivity index (χ4n) is 1.47. The summed E-state index contributed by atoms with van der Waals surface area (Å²) in [5.74, 6) is 0.382. The Morgan fingerprint density at radius 1 is 1.53 bits per heavy atom. The van der Waals surface area contributed by atoms with E-state index >= 15 is 0 Å². The second kappa shape index (κ2) is 5.81. The second-order valence-electron chi connectivity index (χ2n) is 3.83. The third kappa shape index (κ3) is 3.67. The van der Waals surface area contributed by atoms with E-state index in [4.69, 9.17) is 9.84 Å². The van der Waals surface area contributed by atoms with Crippen LogP contribution >= 0.6 is 0 Å². The Bertz CT molecular complexity index is 605. The van der Waals surface area contributed by atoms with Crippen molar-refractivity contribution >= 4 is 12.0 Å². The fraction of sp³-hybridized carbons (Fsp3) is 0.154. The lowest BCUT2D eigenvalue weighted by atomic mass is 10.2. The Hall–Kier alpha value is -2.63. The summed E-state index contributed by atoms with van der Waals surface area (Å²) in [5.41, 5.74) is 0.762. The molecule has 0 saturated heterocycles. The van der Waals surface area contributed by atoms with E-state index in [0.717, 1.165) is 11.6 Å². The predicted molar refractivity (Wildman–Crippen MR) is 68.4 cm³/mol. The van der Waals surface area contributed by atoms with Crippen LogP contribution in [0.4, 0.5) is 0 Å². The van der Waals surface area contributed by atoms with E-state index in [2.05, 4.69) is 10.1 Å². The Morgan fingerprint density at radius 2 is 2.37 bits per heavy atom. The average molecular weight is 259 g/mol. The molecule has 2 aromatic rings. The molecule has 1 heterocycles. The predicted octanol–water partition coefficient (Wildman–Crippen LogP) is 1.49. The molecule has 0 fully saturated rings. The van der Waals surface area contributed by atoms with E-state index in [-0.39, 0.29) is 0 Å².